The van der Waals surface area contributed by atoms with Crippen molar-refractivity contribution in [1.29, 1.82) is 0 Å². The van der Waals surface area contributed by atoms with Crippen LogP contribution >= 0.6 is 0 Å². The molecule has 2 unspecified atom stereocenters. The molecule has 0 aliphatic heterocycles. The summed E-state index contributed by atoms with van der Waals surface area (Å²) >= 11 is 0. The Morgan fingerprint density at radius 2 is 1.50 bits per heavy atom. The second-order valence-corrected chi connectivity index (χ2v) is 8.02. The van der Waals surface area contributed by atoms with E-state index in [1.165, 1.54) is 40.2 Å². The van der Waals surface area contributed by atoms with Crippen molar-refractivity contribution in [2.75, 3.05) is 14.2 Å². The first-order valence-corrected chi connectivity index (χ1v) is 9.03. The van der Waals surface area contributed by atoms with Crippen LogP contribution in [0, 0.1) is 0 Å². The van der Waals surface area contributed by atoms with Crippen molar-refractivity contribution in [3.63, 3.8) is 0 Å². The van der Waals surface area contributed by atoms with Crippen LogP contribution in [-0.4, -0.2) is 33.0 Å². The third kappa shape index (κ3) is 3.39. The lowest BCUT2D eigenvalue weighted by atomic mass is 9.92. The van der Waals surface area contributed by atoms with Gasteiger partial charge in [-0.1, -0.05) is 18.2 Å². The highest BCUT2D eigenvalue weighted by molar-refractivity contribution is 7.92. The van der Waals surface area contributed by atoms with Gasteiger partial charge >= 0.3 is 0 Å². The normalized spacial score (nSPS) is 15.4. The monoisotopic (exact) mass is 350 g/mol. The number of benzene rings is 2. The molecule has 5 nitrogen and oxygen atoms in total. The first kappa shape index (κ1) is 18.3. The second kappa shape index (κ2) is 6.83. The van der Waals surface area contributed by atoms with Gasteiger partial charge in [-0.25, -0.2) is 8.42 Å². The van der Waals surface area contributed by atoms with E-state index < -0.39 is 20.7 Å². The number of hydrogen-bond acceptors (Lipinski definition) is 5. The lowest BCUT2D eigenvalue weighted by Gasteiger charge is -2.31. The molecule has 2 aromatic carbocycles. The van der Waals surface area contributed by atoms with Crippen molar-refractivity contribution in [2.45, 2.75) is 29.6 Å². The molecule has 1 N–H and O–H groups in total. The van der Waals surface area contributed by atoms with E-state index in [4.69, 9.17) is 9.47 Å². The zero-order chi connectivity index (χ0) is 18.0. The van der Waals surface area contributed by atoms with Crippen LogP contribution < -0.4 is 9.47 Å². The molecule has 0 saturated carbocycles. The Hall–Kier alpha value is -2.05. The number of aliphatic hydroxyl groups is 1. The summed E-state index contributed by atoms with van der Waals surface area (Å²) in [7, 11) is -0.721. The van der Waals surface area contributed by atoms with Gasteiger partial charge in [0.25, 0.3) is 0 Å². The molecular formula is C18H22O5S. The first-order chi connectivity index (χ1) is 11.2. The second-order valence-electron chi connectivity index (χ2n) is 5.75. The summed E-state index contributed by atoms with van der Waals surface area (Å²) < 4.78 is 36.1. The third-order valence-electron chi connectivity index (χ3n) is 4.26. The molecule has 2 atom stereocenters. The largest absolute Gasteiger partial charge is 0.497 e. The van der Waals surface area contributed by atoms with Crippen LogP contribution in [0.25, 0.3) is 0 Å². The number of sulfone groups is 1. The molecule has 2 rings (SSSR count). The van der Waals surface area contributed by atoms with Gasteiger partial charge < -0.3 is 14.6 Å². The Morgan fingerprint density at radius 3 is 1.96 bits per heavy atom. The smallest absolute Gasteiger partial charge is 0.184 e. The van der Waals surface area contributed by atoms with Crippen LogP contribution in [0.15, 0.2) is 53.4 Å². The predicted molar refractivity (Wildman–Crippen MR) is 92.2 cm³/mol. The van der Waals surface area contributed by atoms with Crippen molar-refractivity contribution in [2.24, 2.45) is 0 Å². The molecular weight excluding hydrogens is 328 g/mol. The molecule has 0 amide bonds. The lowest BCUT2D eigenvalue weighted by Crippen LogP contribution is -2.40. The van der Waals surface area contributed by atoms with E-state index in [0.717, 1.165) is 0 Å². The van der Waals surface area contributed by atoms with E-state index in [1.807, 2.05) is 0 Å². The van der Waals surface area contributed by atoms with Gasteiger partial charge in [-0.3, -0.25) is 0 Å². The molecule has 6 heteroatoms. The van der Waals surface area contributed by atoms with E-state index in [-0.39, 0.29) is 4.90 Å². The van der Waals surface area contributed by atoms with Gasteiger partial charge in [0.05, 0.1) is 24.4 Å². The van der Waals surface area contributed by atoms with E-state index >= 15 is 0 Å². The van der Waals surface area contributed by atoms with Gasteiger partial charge in [-0.15, -0.1) is 0 Å². The van der Waals surface area contributed by atoms with Gasteiger partial charge in [0, 0.05) is 6.07 Å². The van der Waals surface area contributed by atoms with Crippen LogP contribution in [0.5, 0.6) is 11.5 Å². The molecule has 0 fully saturated rings. The molecule has 0 aliphatic carbocycles. The van der Waals surface area contributed by atoms with Crippen molar-refractivity contribution < 1.29 is 23.0 Å². The van der Waals surface area contributed by atoms with Crippen LogP contribution in [0.1, 0.15) is 19.4 Å². The average Bonchev–Trinajstić information content (AvgIpc) is 2.61. The van der Waals surface area contributed by atoms with Gasteiger partial charge in [0.15, 0.2) is 9.84 Å². The van der Waals surface area contributed by atoms with E-state index in [1.54, 1.807) is 36.4 Å². The molecule has 0 bridgehead atoms. The minimum Gasteiger partial charge on any atom is -0.497 e. The Balaban J connectivity index is 2.50. The zero-order valence-electron chi connectivity index (χ0n) is 14.2. The molecule has 0 aliphatic rings. The van der Waals surface area contributed by atoms with Crippen molar-refractivity contribution in [3.05, 3.63) is 54.1 Å². The first-order valence-electron chi connectivity index (χ1n) is 7.48. The molecule has 0 saturated heterocycles. The highest BCUT2D eigenvalue weighted by atomic mass is 32.2. The van der Waals surface area contributed by atoms with Gasteiger partial charge in [-0.05, 0) is 43.7 Å². The van der Waals surface area contributed by atoms with Gasteiger partial charge in [-0.2, -0.15) is 0 Å². The van der Waals surface area contributed by atoms with Gasteiger partial charge in [0.1, 0.15) is 17.1 Å². The van der Waals surface area contributed by atoms with Crippen molar-refractivity contribution >= 4 is 9.84 Å². The van der Waals surface area contributed by atoms with Crippen LogP contribution in [0.4, 0.5) is 0 Å². The lowest BCUT2D eigenvalue weighted by molar-refractivity contribution is 0.0559. The maximum atomic E-state index is 12.8. The summed E-state index contributed by atoms with van der Waals surface area (Å²) in [5.41, 5.74) is -1.22. The summed E-state index contributed by atoms with van der Waals surface area (Å²) in [6.07, 6.45) is 0. The maximum absolute atomic E-state index is 12.8. The van der Waals surface area contributed by atoms with E-state index in [9.17, 15) is 13.5 Å². The zero-order valence-corrected chi connectivity index (χ0v) is 15.0. The molecule has 0 heterocycles. The highest BCUT2D eigenvalue weighted by Gasteiger charge is 2.40. The molecule has 24 heavy (non-hydrogen) atoms. The topological polar surface area (TPSA) is 72.8 Å². The predicted octanol–water partition coefficient (Wildman–Crippen LogP) is 2.77. The molecule has 0 aromatic heterocycles. The summed E-state index contributed by atoms with van der Waals surface area (Å²) in [6.45, 7) is 2.97. The quantitative estimate of drug-likeness (QED) is 0.867. The number of ether oxygens (including phenoxy) is 2. The highest BCUT2D eigenvalue weighted by Crippen LogP contribution is 2.36. The van der Waals surface area contributed by atoms with E-state index in [2.05, 4.69) is 0 Å². The fourth-order valence-electron chi connectivity index (χ4n) is 2.45. The van der Waals surface area contributed by atoms with Crippen LogP contribution in [0.2, 0.25) is 0 Å². The average molecular weight is 350 g/mol. The summed E-state index contributed by atoms with van der Waals surface area (Å²) in [6, 6.07) is 13.0. The van der Waals surface area contributed by atoms with Crippen molar-refractivity contribution in [1.82, 2.24) is 0 Å². The molecule has 2 aromatic rings. The SMILES string of the molecule is COc1cc(OC)cc(C(C)(O)C(C)S(=O)(=O)c2ccccc2)c1. The summed E-state index contributed by atoms with van der Waals surface area (Å²) in [5.74, 6) is 0.961. The van der Waals surface area contributed by atoms with Gasteiger partial charge in [0.2, 0.25) is 0 Å². The number of hydrogen-bond donors (Lipinski definition) is 1. The molecule has 0 spiro atoms. The Labute approximate surface area is 142 Å². The van der Waals surface area contributed by atoms with Crippen molar-refractivity contribution in [3.8, 4) is 11.5 Å². The maximum Gasteiger partial charge on any atom is 0.184 e. The third-order valence-corrected chi connectivity index (χ3v) is 6.58. The summed E-state index contributed by atoms with van der Waals surface area (Å²) in [5, 5.41) is 9.94. The molecule has 0 radical (unpaired) electrons. The van der Waals surface area contributed by atoms with Crippen LogP contribution in [0.3, 0.4) is 0 Å². The Morgan fingerprint density at radius 1 is 1.00 bits per heavy atom. The Bertz CT molecular complexity index is 775. The van der Waals surface area contributed by atoms with Crippen LogP contribution in [-0.2, 0) is 15.4 Å². The minimum absolute atomic E-state index is 0.174. The number of rotatable bonds is 6. The minimum atomic E-state index is -3.72. The summed E-state index contributed by atoms with van der Waals surface area (Å²) in [4.78, 5) is 0.174. The Kier molecular flexibility index (Phi) is 5.20. The fourth-order valence-corrected chi connectivity index (χ4v) is 4.14. The number of methoxy groups -OCH3 is 2. The standard InChI is InChI=1S/C18H22O5S/c1-13(24(20,21)17-8-6-5-7-9-17)18(2,19)14-10-15(22-3)12-16(11-14)23-4/h5-13,19H,1-4H3. The fraction of sp³-hybridized carbons (Fsp3) is 0.333. The molecule has 130 valence electrons. The van der Waals surface area contributed by atoms with E-state index in [0.29, 0.717) is 17.1 Å².